The van der Waals surface area contributed by atoms with Gasteiger partial charge in [0, 0.05) is 28.8 Å². The number of benzene rings is 1. The van der Waals surface area contributed by atoms with E-state index in [9.17, 15) is 0 Å². The van der Waals surface area contributed by atoms with Gasteiger partial charge in [0.05, 0.1) is 2.74 Å². The van der Waals surface area contributed by atoms with E-state index in [0.717, 1.165) is 19.6 Å². The third-order valence-corrected chi connectivity index (χ3v) is 3.66. The zero-order valence-electron chi connectivity index (χ0n) is 16.8. The van der Waals surface area contributed by atoms with Crippen molar-refractivity contribution < 1.29 is 11.6 Å². The first kappa shape index (κ1) is 10.2. The Labute approximate surface area is 135 Å². The van der Waals surface area contributed by atoms with E-state index < -0.39 is 19.3 Å². The molecule has 20 heavy (non-hydrogen) atoms. The predicted molar refractivity (Wildman–Crippen MR) is 85.5 cm³/mol. The maximum Gasteiger partial charge on any atom is 0.0567 e. The van der Waals surface area contributed by atoms with Gasteiger partial charge in [0.25, 0.3) is 0 Å². The average molecular weight is 301 g/mol. The molecule has 1 aliphatic heterocycles. The highest BCUT2D eigenvalue weighted by Gasteiger charge is 2.08. The van der Waals surface area contributed by atoms with E-state index in [-0.39, 0.29) is 6.61 Å². The van der Waals surface area contributed by atoms with E-state index in [4.69, 9.17) is 23.2 Å². The number of aryl methyl sites for hydroxylation is 1. The second-order valence-corrected chi connectivity index (χ2v) is 5.48. The number of piperidine rings is 1. The molecule has 1 aliphatic rings. The highest BCUT2D eigenvalue weighted by atomic mass is 35.5. The lowest BCUT2D eigenvalue weighted by Crippen LogP contribution is -2.31. The van der Waals surface area contributed by atoms with Crippen molar-refractivity contribution in [2.24, 2.45) is 0 Å². The summed E-state index contributed by atoms with van der Waals surface area (Å²) in [4.78, 5) is 2.33. The fraction of sp³-hybridized carbons (Fsp3) is 0.647. The van der Waals surface area contributed by atoms with Crippen molar-refractivity contribution in [3.63, 3.8) is 0 Å². The lowest BCUT2D eigenvalue weighted by Gasteiger charge is -2.26. The Balaban J connectivity index is 1.88. The highest BCUT2D eigenvalue weighted by molar-refractivity contribution is 6.30. The monoisotopic (exact) mass is 300 g/mol. The summed E-state index contributed by atoms with van der Waals surface area (Å²) in [7, 11) is 0. The van der Waals surface area contributed by atoms with E-state index in [0.29, 0.717) is 17.0 Å². The molecule has 1 saturated heterocycles. The van der Waals surface area contributed by atoms with Gasteiger partial charge in [-0.1, -0.05) is 30.2 Å². The summed E-state index contributed by atoms with van der Waals surface area (Å²) >= 11 is 5.81. The summed E-state index contributed by atoms with van der Waals surface area (Å²) < 4.78 is 45.5. The number of nitrogens with zero attached hydrogens (tertiary/aromatic N) is 1. The van der Waals surface area contributed by atoms with Crippen LogP contribution in [0.15, 0.2) is 24.3 Å². The second kappa shape index (κ2) is 9.38. The summed E-state index contributed by atoms with van der Waals surface area (Å²) in [5.74, 6) is 0. The Bertz CT molecular complexity index is 534. The van der Waals surface area contributed by atoms with Crippen LogP contribution in [0.2, 0.25) is 5.02 Å². The number of likely N-dealkylation sites (tertiary alicyclic amines) is 1. The molecule has 1 unspecified atom stereocenters. The number of hydrogen-bond acceptors (Lipinski definition) is 2. The molecule has 0 N–H and O–H groups in total. The van der Waals surface area contributed by atoms with E-state index >= 15 is 0 Å². The SMILES string of the molecule is [2H]C(c1ccc(Cl)cc1)C([2H])([2H])C([2H])([2H])OCCCN1CCCCC1. The minimum Gasteiger partial charge on any atom is -0.381 e. The molecule has 2 rings (SSSR count). The number of halogens is 1. The molecule has 1 aromatic carbocycles. The highest BCUT2D eigenvalue weighted by Crippen LogP contribution is 2.11. The summed E-state index contributed by atoms with van der Waals surface area (Å²) in [5.41, 5.74) is 0.371. The summed E-state index contributed by atoms with van der Waals surface area (Å²) in [6.07, 6.45) is 0.440. The van der Waals surface area contributed by atoms with E-state index in [1.54, 1.807) is 24.3 Å². The largest absolute Gasteiger partial charge is 0.381 e. The van der Waals surface area contributed by atoms with Crippen LogP contribution in [0.3, 0.4) is 0 Å². The lowest BCUT2D eigenvalue weighted by molar-refractivity contribution is 0.115. The minimum atomic E-state index is -2.54. The van der Waals surface area contributed by atoms with Crippen LogP contribution in [-0.4, -0.2) is 37.7 Å². The normalized spacial score (nSPS) is 23.1. The second-order valence-electron chi connectivity index (χ2n) is 5.05. The van der Waals surface area contributed by atoms with E-state index in [2.05, 4.69) is 4.90 Å². The number of hydrogen-bond donors (Lipinski definition) is 0. The molecule has 0 aliphatic carbocycles. The van der Waals surface area contributed by atoms with Gasteiger partial charge in [-0.05, 0) is 62.8 Å². The van der Waals surface area contributed by atoms with Crippen molar-refractivity contribution in [2.45, 2.75) is 38.5 Å². The van der Waals surface area contributed by atoms with Gasteiger partial charge in [-0.3, -0.25) is 0 Å². The first-order chi connectivity index (χ1) is 11.7. The Hall–Kier alpha value is -0.570. The van der Waals surface area contributed by atoms with Gasteiger partial charge >= 0.3 is 0 Å². The zero-order chi connectivity index (χ0) is 18.5. The van der Waals surface area contributed by atoms with Crippen molar-refractivity contribution in [3.05, 3.63) is 34.9 Å². The number of rotatable bonds is 8. The molecular weight excluding hydrogens is 270 g/mol. The first-order valence-corrected chi connectivity index (χ1v) is 7.66. The molecule has 0 amide bonds. The molecule has 1 atom stereocenters. The van der Waals surface area contributed by atoms with Gasteiger partial charge < -0.3 is 9.64 Å². The number of ether oxygens (including phenoxy) is 1. The third-order valence-electron chi connectivity index (χ3n) is 3.41. The molecule has 1 aromatic rings. The molecule has 0 radical (unpaired) electrons. The molecule has 112 valence electrons. The van der Waals surface area contributed by atoms with Crippen LogP contribution in [0, 0.1) is 0 Å². The van der Waals surface area contributed by atoms with Gasteiger partial charge in [-0.25, -0.2) is 0 Å². The topological polar surface area (TPSA) is 12.5 Å². The summed E-state index contributed by atoms with van der Waals surface area (Å²) in [6.45, 7) is 0.566. The predicted octanol–water partition coefficient (Wildman–Crippen LogP) is 4.17. The standard InChI is InChI=1S/C17H26ClNO/c18-17-9-7-16(8-10-17)6-4-14-20-15-5-13-19-11-2-1-3-12-19/h7-10H,1-6,11-15H2/i4D2,6D,14D2. The zero-order valence-corrected chi connectivity index (χ0v) is 12.5. The average Bonchev–Trinajstić information content (AvgIpc) is 2.59. The van der Waals surface area contributed by atoms with Crippen LogP contribution >= 0.6 is 11.6 Å². The van der Waals surface area contributed by atoms with Crippen LogP contribution in [0.5, 0.6) is 0 Å². The molecule has 0 spiro atoms. The van der Waals surface area contributed by atoms with Gasteiger partial charge in [0.2, 0.25) is 0 Å². The van der Waals surface area contributed by atoms with Crippen molar-refractivity contribution in [1.82, 2.24) is 4.90 Å². The molecule has 0 saturated carbocycles. The smallest absolute Gasteiger partial charge is 0.0567 e. The summed E-state index contributed by atoms with van der Waals surface area (Å²) in [6, 6.07) is 6.24. The molecule has 0 aromatic heterocycles. The van der Waals surface area contributed by atoms with Crippen LogP contribution < -0.4 is 0 Å². The molecular formula is C17H26ClNO. The lowest BCUT2D eigenvalue weighted by atomic mass is 10.1. The Kier molecular flexibility index (Phi) is 4.79. The van der Waals surface area contributed by atoms with Crippen LogP contribution in [0.1, 0.15) is 44.5 Å². The molecule has 1 fully saturated rings. The van der Waals surface area contributed by atoms with Gasteiger partial charge in [-0.2, -0.15) is 0 Å². The summed E-state index contributed by atoms with van der Waals surface area (Å²) in [5, 5.41) is 0.494. The minimum absolute atomic E-state index is 0.135. The van der Waals surface area contributed by atoms with Crippen LogP contribution in [-0.2, 0) is 11.1 Å². The quantitative estimate of drug-likeness (QED) is 0.668. The van der Waals surface area contributed by atoms with Crippen molar-refractivity contribution in [3.8, 4) is 0 Å². The van der Waals surface area contributed by atoms with Gasteiger partial charge in [0.1, 0.15) is 0 Å². The molecule has 3 heteroatoms. The molecule has 0 bridgehead atoms. The van der Waals surface area contributed by atoms with Crippen molar-refractivity contribution in [2.75, 3.05) is 32.8 Å². The fourth-order valence-corrected chi connectivity index (χ4v) is 2.43. The van der Waals surface area contributed by atoms with Gasteiger partial charge in [0.15, 0.2) is 0 Å². The van der Waals surface area contributed by atoms with Crippen LogP contribution in [0.25, 0.3) is 0 Å². The Morgan fingerprint density at radius 1 is 1.15 bits per heavy atom. The molecule has 1 heterocycles. The molecule has 2 nitrogen and oxygen atoms in total. The maximum atomic E-state index is 8.14. The fourth-order valence-electron chi connectivity index (χ4n) is 2.31. The van der Waals surface area contributed by atoms with Gasteiger partial charge in [-0.15, -0.1) is 0 Å². The Morgan fingerprint density at radius 3 is 2.65 bits per heavy atom. The maximum absolute atomic E-state index is 8.14. The third kappa shape index (κ3) is 6.25. The van der Waals surface area contributed by atoms with Crippen LogP contribution in [0.4, 0.5) is 0 Å². The van der Waals surface area contributed by atoms with E-state index in [1.807, 2.05) is 0 Å². The van der Waals surface area contributed by atoms with Crippen molar-refractivity contribution >= 4 is 11.6 Å². The Morgan fingerprint density at radius 2 is 1.90 bits per heavy atom. The van der Waals surface area contributed by atoms with E-state index in [1.165, 1.54) is 19.3 Å². The van der Waals surface area contributed by atoms with Crippen molar-refractivity contribution in [1.29, 1.82) is 0 Å². The first-order valence-electron chi connectivity index (χ1n) is 9.86.